The number of anilines is 1. The van der Waals surface area contributed by atoms with Crippen LogP contribution < -0.4 is 4.90 Å². The van der Waals surface area contributed by atoms with E-state index in [1.54, 1.807) is 43.3 Å². The van der Waals surface area contributed by atoms with Gasteiger partial charge in [0.15, 0.2) is 0 Å². The van der Waals surface area contributed by atoms with Crippen LogP contribution in [0, 0.1) is 6.92 Å². The molecule has 1 aromatic heterocycles. The molecule has 0 saturated carbocycles. The summed E-state index contributed by atoms with van der Waals surface area (Å²) in [6.45, 7) is 3.88. The molecule has 1 unspecified atom stereocenters. The first-order chi connectivity index (χ1) is 15.9. The van der Waals surface area contributed by atoms with Crippen molar-refractivity contribution in [2.45, 2.75) is 19.9 Å². The Kier molecular flexibility index (Phi) is 6.04. The van der Waals surface area contributed by atoms with Crippen LogP contribution in [0.25, 0.3) is 5.76 Å². The van der Waals surface area contributed by atoms with Gasteiger partial charge in [0.25, 0.3) is 11.7 Å². The van der Waals surface area contributed by atoms with Gasteiger partial charge in [-0.15, -0.1) is 0 Å². The van der Waals surface area contributed by atoms with Gasteiger partial charge in [-0.3, -0.25) is 19.5 Å². The standard InChI is InChI=1S/C26H22N2O5/c1-3-33-26(32)18-7-9-20(10-8-18)28-22(19-6-4-5-16(2)15-19)21(24(30)25(28)31)23(29)17-11-13-27-14-12-17/h4-15,22,29H,3H2,1-2H3/b23-21+. The molecular formula is C26H22N2O5. The van der Waals surface area contributed by atoms with Crippen molar-refractivity contribution in [3.63, 3.8) is 0 Å². The van der Waals surface area contributed by atoms with Gasteiger partial charge in [0.2, 0.25) is 0 Å². The van der Waals surface area contributed by atoms with Crippen molar-refractivity contribution in [1.29, 1.82) is 0 Å². The number of hydrogen-bond donors (Lipinski definition) is 1. The zero-order valence-corrected chi connectivity index (χ0v) is 18.2. The number of pyridine rings is 1. The zero-order chi connectivity index (χ0) is 23.5. The fourth-order valence-corrected chi connectivity index (χ4v) is 3.89. The van der Waals surface area contributed by atoms with E-state index < -0.39 is 23.7 Å². The molecular weight excluding hydrogens is 420 g/mol. The molecule has 1 aliphatic heterocycles. The van der Waals surface area contributed by atoms with Gasteiger partial charge in [-0.2, -0.15) is 0 Å². The number of amides is 1. The maximum Gasteiger partial charge on any atom is 0.338 e. The molecule has 7 heteroatoms. The van der Waals surface area contributed by atoms with Crippen molar-refractivity contribution in [3.8, 4) is 0 Å². The van der Waals surface area contributed by atoms with Crippen molar-refractivity contribution in [3.05, 3.63) is 101 Å². The Bertz CT molecular complexity index is 1250. The molecule has 0 bridgehead atoms. The monoisotopic (exact) mass is 442 g/mol. The minimum atomic E-state index is -0.841. The van der Waals surface area contributed by atoms with Gasteiger partial charge in [-0.1, -0.05) is 29.8 Å². The van der Waals surface area contributed by atoms with Gasteiger partial charge < -0.3 is 9.84 Å². The summed E-state index contributed by atoms with van der Waals surface area (Å²) >= 11 is 0. The number of ether oxygens (including phenoxy) is 1. The Balaban J connectivity index is 1.86. The molecule has 4 rings (SSSR count). The fraction of sp³-hybridized carbons (Fsp3) is 0.154. The molecule has 1 aliphatic rings. The fourth-order valence-electron chi connectivity index (χ4n) is 3.89. The van der Waals surface area contributed by atoms with Gasteiger partial charge in [0.05, 0.1) is 23.8 Å². The summed E-state index contributed by atoms with van der Waals surface area (Å²) < 4.78 is 5.01. The highest BCUT2D eigenvalue weighted by molar-refractivity contribution is 6.51. The number of carbonyl (C=O) groups excluding carboxylic acids is 3. The van der Waals surface area contributed by atoms with Crippen LogP contribution in [-0.4, -0.2) is 34.4 Å². The molecule has 2 heterocycles. The number of esters is 1. The van der Waals surface area contributed by atoms with Crippen molar-refractivity contribution in [2.24, 2.45) is 0 Å². The van der Waals surface area contributed by atoms with Gasteiger partial charge in [-0.25, -0.2) is 4.79 Å². The molecule has 2 aromatic carbocycles. The molecule has 1 amide bonds. The minimum Gasteiger partial charge on any atom is -0.507 e. The van der Waals surface area contributed by atoms with E-state index >= 15 is 0 Å². The smallest absolute Gasteiger partial charge is 0.338 e. The van der Waals surface area contributed by atoms with Crippen molar-refractivity contribution in [2.75, 3.05) is 11.5 Å². The van der Waals surface area contributed by atoms with Gasteiger partial charge in [-0.05, 0) is 55.8 Å². The molecule has 1 fully saturated rings. The number of benzene rings is 2. The predicted octanol–water partition coefficient (Wildman–Crippen LogP) is 4.19. The van der Waals surface area contributed by atoms with E-state index in [1.165, 1.54) is 17.3 Å². The van der Waals surface area contributed by atoms with Crippen molar-refractivity contribution < 1.29 is 24.2 Å². The van der Waals surface area contributed by atoms with E-state index in [-0.39, 0.29) is 17.9 Å². The maximum absolute atomic E-state index is 13.2. The van der Waals surface area contributed by atoms with Crippen molar-refractivity contribution >= 4 is 29.1 Å². The number of nitrogens with zero attached hydrogens (tertiary/aromatic N) is 2. The Morgan fingerprint density at radius 3 is 2.36 bits per heavy atom. The lowest BCUT2D eigenvalue weighted by molar-refractivity contribution is -0.132. The van der Waals surface area contributed by atoms with Crippen molar-refractivity contribution in [1.82, 2.24) is 4.98 Å². The van der Waals surface area contributed by atoms with Gasteiger partial charge in [0.1, 0.15) is 5.76 Å². The SMILES string of the molecule is CCOC(=O)c1ccc(N2C(=O)C(=O)/C(=C(/O)c3ccncc3)C2c2cccc(C)c2)cc1. The summed E-state index contributed by atoms with van der Waals surface area (Å²) in [7, 11) is 0. The highest BCUT2D eigenvalue weighted by atomic mass is 16.5. The molecule has 1 atom stereocenters. The predicted molar refractivity (Wildman–Crippen MR) is 123 cm³/mol. The topological polar surface area (TPSA) is 96.8 Å². The van der Waals surface area contributed by atoms with Gasteiger partial charge >= 0.3 is 5.97 Å². The van der Waals surface area contributed by atoms with E-state index in [2.05, 4.69) is 4.98 Å². The molecule has 1 N–H and O–H groups in total. The number of aromatic nitrogens is 1. The lowest BCUT2D eigenvalue weighted by Gasteiger charge is -2.26. The average Bonchev–Trinajstić information content (AvgIpc) is 3.10. The number of ketones is 1. The third-order valence-corrected chi connectivity index (χ3v) is 5.41. The third kappa shape index (κ3) is 4.13. The Hall–Kier alpha value is -4.26. The normalized spacial score (nSPS) is 17.3. The first kappa shape index (κ1) is 22.0. The quantitative estimate of drug-likeness (QED) is 0.275. The van der Waals surface area contributed by atoms with Crippen LogP contribution in [0.1, 0.15) is 40.0 Å². The summed E-state index contributed by atoms with van der Waals surface area (Å²) in [5.74, 6) is -2.29. The summed E-state index contributed by atoms with van der Waals surface area (Å²) in [4.78, 5) is 43.6. The van der Waals surface area contributed by atoms with E-state index in [9.17, 15) is 19.5 Å². The number of aliphatic hydroxyl groups is 1. The number of rotatable bonds is 5. The summed E-state index contributed by atoms with van der Waals surface area (Å²) in [6.07, 6.45) is 3.00. The number of aliphatic hydroxyl groups excluding tert-OH is 1. The molecule has 3 aromatic rings. The molecule has 0 aliphatic carbocycles. The number of Topliss-reactive ketones (excluding diaryl/α,β-unsaturated/α-hetero) is 1. The average molecular weight is 442 g/mol. The van der Waals surface area contributed by atoms with Gasteiger partial charge in [0, 0.05) is 23.6 Å². The molecule has 7 nitrogen and oxygen atoms in total. The highest BCUT2D eigenvalue weighted by Crippen LogP contribution is 2.42. The number of hydrogen-bond acceptors (Lipinski definition) is 6. The molecule has 33 heavy (non-hydrogen) atoms. The summed E-state index contributed by atoms with van der Waals surface area (Å²) in [5.41, 5.74) is 2.76. The first-order valence-corrected chi connectivity index (χ1v) is 10.5. The Morgan fingerprint density at radius 2 is 1.73 bits per heavy atom. The maximum atomic E-state index is 13.2. The minimum absolute atomic E-state index is 0.00808. The Morgan fingerprint density at radius 1 is 1.03 bits per heavy atom. The lowest BCUT2D eigenvalue weighted by atomic mass is 9.94. The van der Waals surface area contributed by atoms with Crippen LogP contribution in [0.5, 0.6) is 0 Å². The molecule has 0 radical (unpaired) electrons. The van der Waals surface area contributed by atoms with Crippen LogP contribution in [0.4, 0.5) is 5.69 Å². The second-order valence-electron chi connectivity index (χ2n) is 7.59. The highest BCUT2D eigenvalue weighted by Gasteiger charge is 2.47. The summed E-state index contributed by atoms with van der Waals surface area (Å²) in [6, 6.07) is 16.0. The largest absolute Gasteiger partial charge is 0.507 e. The van der Waals surface area contributed by atoms with Crippen LogP contribution >= 0.6 is 0 Å². The zero-order valence-electron chi connectivity index (χ0n) is 18.2. The third-order valence-electron chi connectivity index (χ3n) is 5.41. The van der Waals surface area contributed by atoms with Crippen LogP contribution in [0.15, 0.2) is 78.6 Å². The van der Waals surface area contributed by atoms with Crippen LogP contribution in [-0.2, 0) is 14.3 Å². The molecule has 0 spiro atoms. The number of aryl methyl sites for hydroxylation is 1. The second kappa shape index (κ2) is 9.08. The van der Waals surface area contributed by atoms with E-state index in [0.717, 1.165) is 5.56 Å². The first-order valence-electron chi connectivity index (χ1n) is 10.5. The second-order valence-corrected chi connectivity index (χ2v) is 7.59. The molecule has 1 saturated heterocycles. The van der Waals surface area contributed by atoms with E-state index in [4.69, 9.17) is 4.74 Å². The Labute approximate surface area is 191 Å². The lowest BCUT2D eigenvalue weighted by Crippen LogP contribution is -2.29. The van der Waals surface area contributed by atoms with Crippen LogP contribution in [0.3, 0.4) is 0 Å². The summed E-state index contributed by atoms with van der Waals surface area (Å²) in [5, 5.41) is 11.0. The van der Waals surface area contributed by atoms with E-state index in [1.807, 2.05) is 31.2 Å². The number of carbonyl (C=O) groups is 3. The van der Waals surface area contributed by atoms with E-state index in [0.29, 0.717) is 22.4 Å². The van der Waals surface area contributed by atoms with Crippen LogP contribution in [0.2, 0.25) is 0 Å². The molecule has 166 valence electrons.